The van der Waals surface area contributed by atoms with Crippen LogP contribution in [0.2, 0.25) is 5.02 Å². The highest BCUT2D eigenvalue weighted by Gasteiger charge is 2.50. The summed E-state index contributed by atoms with van der Waals surface area (Å²) in [7, 11) is 0. The first-order valence-electron chi connectivity index (χ1n) is 10.4. The molecule has 186 valence electrons. The van der Waals surface area contributed by atoms with E-state index in [0.29, 0.717) is 18.5 Å². The second kappa shape index (κ2) is 9.38. The lowest BCUT2D eigenvalue weighted by Gasteiger charge is -2.51. The Labute approximate surface area is 201 Å². The first-order chi connectivity index (χ1) is 16.4. The van der Waals surface area contributed by atoms with Crippen LogP contribution in [0.25, 0.3) is 0 Å². The van der Waals surface area contributed by atoms with Gasteiger partial charge in [-0.15, -0.1) is 13.2 Å². The van der Waals surface area contributed by atoms with Crippen LogP contribution in [0.5, 0.6) is 11.5 Å². The average molecular weight is 515 g/mol. The number of carbonyl (C=O) groups excluding carboxylic acids is 2. The fourth-order valence-electron chi connectivity index (χ4n) is 4.17. The van der Waals surface area contributed by atoms with Crippen LogP contribution in [0.3, 0.4) is 0 Å². The molecular weight excluding hydrogens is 496 g/mol. The molecule has 3 aliphatic rings. The summed E-state index contributed by atoms with van der Waals surface area (Å²) in [4.78, 5) is 24.8. The lowest BCUT2D eigenvalue weighted by molar-refractivity contribution is -0.274. The van der Waals surface area contributed by atoms with E-state index in [1.807, 2.05) is 0 Å². The smallest absolute Gasteiger partial charge is 0.484 e. The molecule has 2 bridgehead atoms. The van der Waals surface area contributed by atoms with Crippen LogP contribution in [0, 0.1) is 5.82 Å². The minimum atomic E-state index is -4.84. The molecule has 2 amide bonds. The molecule has 3 aliphatic carbocycles. The number of carbonyl (C=O) groups is 2. The number of benzene rings is 2. The maximum atomic E-state index is 13.5. The Bertz CT molecular complexity index is 1180. The fraction of sp³-hybridized carbons (Fsp3) is 0.304. The molecule has 12 heteroatoms. The van der Waals surface area contributed by atoms with Gasteiger partial charge in [0.05, 0.1) is 16.7 Å². The molecule has 0 aromatic heterocycles. The number of ether oxygens (including phenoxy) is 2. The number of fused-ring (bicyclic) bond motifs is 2. The van der Waals surface area contributed by atoms with Gasteiger partial charge in [0.25, 0.3) is 11.8 Å². The van der Waals surface area contributed by atoms with Crippen molar-refractivity contribution in [2.24, 2.45) is 0 Å². The van der Waals surface area contributed by atoms with E-state index in [2.05, 4.69) is 15.4 Å². The van der Waals surface area contributed by atoms with Gasteiger partial charge in [0.1, 0.15) is 17.3 Å². The SMILES string of the molecule is O=C(COc1ccc(Cl)c(F)c1)NC12CC(=C(NC(=O)c3ccc(OC(F)(F)F)cc3)C(O)C1)C2. The molecule has 1 fully saturated rings. The molecule has 1 saturated carbocycles. The Morgan fingerprint density at radius 2 is 1.77 bits per heavy atom. The Kier molecular flexibility index (Phi) is 6.65. The van der Waals surface area contributed by atoms with E-state index in [1.54, 1.807) is 0 Å². The molecular formula is C23H19ClF4N2O5. The summed E-state index contributed by atoms with van der Waals surface area (Å²) in [5, 5.41) is 15.9. The first kappa shape index (κ1) is 24.8. The van der Waals surface area contributed by atoms with E-state index >= 15 is 0 Å². The van der Waals surface area contributed by atoms with Crippen LogP contribution in [-0.4, -0.2) is 41.5 Å². The standard InChI is InChI=1S/C23H19ClF4N2O5/c24-16-6-5-15(7-17(16)25)34-11-19(32)30-22-8-13(9-22)20(18(31)10-22)29-21(33)12-1-3-14(4-2-12)35-23(26,27)28/h1-7,18,31H,8-11H2,(H,29,33)(H,30,32). The molecule has 0 heterocycles. The highest BCUT2D eigenvalue weighted by Crippen LogP contribution is 2.47. The summed E-state index contributed by atoms with van der Waals surface area (Å²) in [6.07, 6.45) is -4.95. The number of aliphatic hydroxyl groups is 1. The summed E-state index contributed by atoms with van der Waals surface area (Å²) in [5.41, 5.74) is 0.454. The van der Waals surface area contributed by atoms with Gasteiger partial charge in [-0.2, -0.15) is 0 Å². The van der Waals surface area contributed by atoms with Crippen molar-refractivity contribution in [1.29, 1.82) is 0 Å². The molecule has 3 N–H and O–H groups in total. The summed E-state index contributed by atoms with van der Waals surface area (Å²) in [6, 6.07) is 8.18. The van der Waals surface area contributed by atoms with E-state index in [1.165, 1.54) is 24.3 Å². The van der Waals surface area contributed by atoms with E-state index in [4.69, 9.17) is 16.3 Å². The van der Waals surface area contributed by atoms with Crippen molar-refractivity contribution in [1.82, 2.24) is 10.6 Å². The van der Waals surface area contributed by atoms with Crippen molar-refractivity contribution in [3.8, 4) is 11.5 Å². The normalized spacial score (nSPS) is 21.1. The Morgan fingerprint density at radius 1 is 1.11 bits per heavy atom. The van der Waals surface area contributed by atoms with Crippen molar-refractivity contribution in [2.45, 2.75) is 37.3 Å². The van der Waals surface area contributed by atoms with Gasteiger partial charge in [0, 0.05) is 23.7 Å². The van der Waals surface area contributed by atoms with E-state index in [0.717, 1.165) is 23.8 Å². The highest BCUT2D eigenvalue weighted by atomic mass is 35.5. The van der Waals surface area contributed by atoms with Gasteiger partial charge in [-0.3, -0.25) is 9.59 Å². The third kappa shape index (κ3) is 5.85. The first-order valence-corrected chi connectivity index (χ1v) is 10.8. The maximum absolute atomic E-state index is 13.5. The van der Waals surface area contributed by atoms with Gasteiger partial charge in [-0.1, -0.05) is 11.6 Å². The molecule has 0 spiro atoms. The molecule has 0 saturated heterocycles. The van der Waals surface area contributed by atoms with Gasteiger partial charge < -0.3 is 25.2 Å². The van der Waals surface area contributed by atoms with Crippen molar-refractivity contribution >= 4 is 23.4 Å². The van der Waals surface area contributed by atoms with E-state index in [-0.39, 0.29) is 29.4 Å². The summed E-state index contributed by atoms with van der Waals surface area (Å²) in [6.45, 7) is -0.365. The zero-order valence-corrected chi connectivity index (χ0v) is 18.7. The molecule has 0 radical (unpaired) electrons. The minimum absolute atomic E-state index is 0.0685. The number of aliphatic hydroxyl groups excluding tert-OH is 1. The van der Waals surface area contributed by atoms with Crippen molar-refractivity contribution in [3.63, 3.8) is 0 Å². The van der Waals surface area contributed by atoms with E-state index in [9.17, 15) is 32.3 Å². The van der Waals surface area contributed by atoms with Crippen LogP contribution in [0.4, 0.5) is 17.6 Å². The number of hydrogen-bond acceptors (Lipinski definition) is 5. The topological polar surface area (TPSA) is 96.9 Å². The Balaban J connectivity index is 1.32. The number of rotatable bonds is 7. The second-order valence-electron chi connectivity index (χ2n) is 8.31. The number of amides is 2. The molecule has 5 rings (SSSR count). The number of nitrogens with one attached hydrogen (secondary N) is 2. The molecule has 2 aromatic carbocycles. The number of hydrogen-bond donors (Lipinski definition) is 3. The second-order valence-corrected chi connectivity index (χ2v) is 8.72. The summed E-state index contributed by atoms with van der Waals surface area (Å²) in [5.74, 6) is -2.05. The lowest BCUT2D eigenvalue weighted by atomic mass is 9.63. The number of alkyl halides is 3. The quantitative estimate of drug-likeness (QED) is 0.488. The van der Waals surface area contributed by atoms with Gasteiger partial charge in [-0.05, 0) is 54.8 Å². The third-order valence-corrected chi connectivity index (χ3v) is 5.97. The zero-order valence-electron chi connectivity index (χ0n) is 17.9. The minimum Gasteiger partial charge on any atom is -0.484 e. The fourth-order valence-corrected chi connectivity index (χ4v) is 4.29. The van der Waals surface area contributed by atoms with Crippen LogP contribution in [-0.2, 0) is 4.79 Å². The predicted molar refractivity (Wildman–Crippen MR) is 115 cm³/mol. The van der Waals surface area contributed by atoms with Crippen molar-refractivity contribution in [3.05, 3.63) is 70.1 Å². The summed E-state index contributed by atoms with van der Waals surface area (Å²) < 4.78 is 59.3. The van der Waals surface area contributed by atoms with Crippen LogP contribution in [0.15, 0.2) is 53.7 Å². The van der Waals surface area contributed by atoms with Crippen LogP contribution >= 0.6 is 11.6 Å². The van der Waals surface area contributed by atoms with Gasteiger partial charge >= 0.3 is 6.36 Å². The van der Waals surface area contributed by atoms with E-state index < -0.39 is 41.4 Å². The maximum Gasteiger partial charge on any atom is 0.573 e. The monoisotopic (exact) mass is 514 g/mol. The zero-order chi connectivity index (χ0) is 25.4. The molecule has 1 atom stereocenters. The predicted octanol–water partition coefficient (Wildman–Crippen LogP) is 3.85. The molecule has 35 heavy (non-hydrogen) atoms. The Hall–Kier alpha value is -3.31. The van der Waals surface area contributed by atoms with Gasteiger partial charge in [0.2, 0.25) is 0 Å². The largest absolute Gasteiger partial charge is 0.573 e. The van der Waals surface area contributed by atoms with Crippen molar-refractivity contribution < 1.29 is 41.7 Å². The summed E-state index contributed by atoms with van der Waals surface area (Å²) >= 11 is 5.61. The average Bonchev–Trinajstić information content (AvgIpc) is 2.75. The van der Waals surface area contributed by atoms with Crippen LogP contribution in [0.1, 0.15) is 29.6 Å². The number of halogens is 5. The molecule has 0 aliphatic heterocycles. The molecule has 1 unspecified atom stereocenters. The highest BCUT2D eigenvalue weighted by molar-refractivity contribution is 6.30. The van der Waals surface area contributed by atoms with Crippen molar-refractivity contribution in [2.75, 3.05) is 6.61 Å². The van der Waals surface area contributed by atoms with Gasteiger partial charge in [0.15, 0.2) is 6.61 Å². The third-order valence-electron chi connectivity index (χ3n) is 5.67. The van der Waals surface area contributed by atoms with Crippen LogP contribution < -0.4 is 20.1 Å². The Morgan fingerprint density at radius 3 is 2.37 bits per heavy atom. The lowest BCUT2D eigenvalue weighted by Crippen LogP contribution is -2.61. The van der Waals surface area contributed by atoms with Gasteiger partial charge in [-0.25, -0.2) is 4.39 Å². The molecule has 7 nitrogen and oxygen atoms in total. The molecule has 2 aromatic rings.